The second-order valence-corrected chi connectivity index (χ2v) is 8.77. The molecule has 0 unspecified atom stereocenters. The van der Waals surface area contributed by atoms with Crippen molar-refractivity contribution in [3.63, 3.8) is 0 Å². The van der Waals surface area contributed by atoms with Crippen molar-refractivity contribution in [3.05, 3.63) is 71.2 Å². The van der Waals surface area contributed by atoms with E-state index in [1.165, 1.54) is 6.07 Å². The summed E-state index contributed by atoms with van der Waals surface area (Å²) < 4.78 is 13.6. The third kappa shape index (κ3) is 3.12. The van der Waals surface area contributed by atoms with Gasteiger partial charge in [0, 0.05) is 29.5 Å². The number of hydrogen-bond acceptors (Lipinski definition) is 3. The monoisotopic (exact) mass is 416 g/mol. The maximum Gasteiger partial charge on any atom is 0.270 e. The van der Waals surface area contributed by atoms with Crippen molar-refractivity contribution in [3.8, 4) is 6.07 Å². The molecule has 1 aromatic heterocycles. The molecule has 2 aliphatic carbocycles. The van der Waals surface area contributed by atoms with E-state index < -0.39 is 0 Å². The highest BCUT2D eigenvalue weighted by atomic mass is 19.1. The summed E-state index contributed by atoms with van der Waals surface area (Å²) in [6.07, 6.45) is 3.98. The molecule has 5 nitrogen and oxygen atoms in total. The first-order valence-corrected chi connectivity index (χ1v) is 10.8. The van der Waals surface area contributed by atoms with Gasteiger partial charge in [0.1, 0.15) is 11.5 Å². The van der Waals surface area contributed by atoms with E-state index in [1.54, 1.807) is 24.3 Å². The third-order valence-electron chi connectivity index (χ3n) is 7.13. The minimum absolute atomic E-state index is 0.00598. The molecule has 158 valence electrons. The maximum absolute atomic E-state index is 13.6. The number of aromatic amines is 1. The van der Waals surface area contributed by atoms with E-state index in [1.807, 2.05) is 30.0 Å². The highest BCUT2D eigenvalue weighted by molar-refractivity contribution is 5.99. The van der Waals surface area contributed by atoms with E-state index in [0.29, 0.717) is 24.3 Å². The van der Waals surface area contributed by atoms with Gasteiger partial charge in [0.05, 0.1) is 17.2 Å². The van der Waals surface area contributed by atoms with Crippen molar-refractivity contribution in [2.75, 3.05) is 6.54 Å². The van der Waals surface area contributed by atoms with Crippen LogP contribution < -0.4 is 5.32 Å². The van der Waals surface area contributed by atoms with Gasteiger partial charge in [-0.2, -0.15) is 5.26 Å². The zero-order valence-electron chi connectivity index (χ0n) is 17.5. The Morgan fingerprint density at radius 1 is 1.26 bits per heavy atom. The molecule has 31 heavy (non-hydrogen) atoms. The van der Waals surface area contributed by atoms with Crippen molar-refractivity contribution < 1.29 is 9.18 Å². The number of benzene rings is 2. The van der Waals surface area contributed by atoms with Crippen LogP contribution in [0, 0.1) is 17.1 Å². The summed E-state index contributed by atoms with van der Waals surface area (Å²) in [5, 5.41) is 13.7. The minimum Gasteiger partial charge on any atom is -0.351 e. The molecule has 1 heterocycles. The Bertz CT molecular complexity index is 1210. The zero-order valence-corrected chi connectivity index (χ0v) is 17.5. The van der Waals surface area contributed by atoms with Crippen LogP contribution in [0.5, 0.6) is 0 Å². The standard InChI is InChI=1S/C25H25FN4O/c1-2-30(23(31)22-13-19-11-17(14-27)7-8-21(19)29-22)25-10-4-9-24(25,16-25)28-15-18-5-3-6-20(26)12-18/h3,5-8,11-13,28-29H,2,4,9-10,15-16H2,1H3/t24-,25+/m0/s1. The lowest BCUT2D eigenvalue weighted by atomic mass is 10.1. The molecule has 2 N–H and O–H groups in total. The summed E-state index contributed by atoms with van der Waals surface area (Å²) in [5.74, 6) is -0.234. The fraction of sp³-hybridized carbons (Fsp3) is 0.360. The highest BCUT2D eigenvalue weighted by Crippen LogP contribution is 2.63. The number of nitrogens with one attached hydrogen (secondary N) is 2. The van der Waals surface area contributed by atoms with Gasteiger partial charge in [-0.1, -0.05) is 12.1 Å². The van der Waals surface area contributed by atoms with Crippen molar-refractivity contribution in [2.24, 2.45) is 0 Å². The third-order valence-corrected chi connectivity index (χ3v) is 7.13. The summed E-state index contributed by atoms with van der Waals surface area (Å²) in [6, 6.07) is 16.1. The number of carbonyl (C=O) groups excluding carboxylic acids is 1. The van der Waals surface area contributed by atoms with Crippen LogP contribution in [0.4, 0.5) is 4.39 Å². The normalized spacial score (nSPS) is 24.0. The lowest BCUT2D eigenvalue weighted by Crippen LogP contribution is -2.49. The van der Waals surface area contributed by atoms with E-state index in [2.05, 4.69) is 16.4 Å². The lowest BCUT2D eigenvalue weighted by Gasteiger charge is -2.32. The van der Waals surface area contributed by atoms with Gasteiger partial charge in [0.25, 0.3) is 5.91 Å². The average molecular weight is 417 g/mol. The fourth-order valence-electron chi connectivity index (χ4n) is 5.61. The quantitative estimate of drug-likeness (QED) is 0.622. The first kappa shape index (κ1) is 19.8. The van der Waals surface area contributed by atoms with Crippen LogP contribution >= 0.6 is 0 Å². The molecule has 0 aliphatic heterocycles. The smallest absolute Gasteiger partial charge is 0.270 e. The van der Waals surface area contributed by atoms with Crippen molar-refractivity contribution in [2.45, 2.75) is 50.2 Å². The van der Waals surface area contributed by atoms with E-state index in [0.717, 1.165) is 42.1 Å². The first-order chi connectivity index (χ1) is 15.0. The van der Waals surface area contributed by atoms with Crippen molar-refractivity contribution >= 4 is 16.8 Å². The molecule has 2 saturated carbocycles. The van der Waals surface area contributed by atoms with Gasteiger partial charge in [-0.05, 0) is 74.6 Å². The molecule has 0 saturated heterocycles. The van der Waals surface area contributed by atoms with E-state index in [4.69, 9.17) is 5.26 Å². The molecule has 2 aromatic carbocycles. The Hall–Kier alpha value is -3.17. The van der Waals surface area contributed by atoms with Gasteiger partial charge in [0.15, 0.2) is 0 Å². The van der Waals surface area contributed by atoms with E-state index >= 15 is 0 Å². The highest BCUT2D eigenvalue weighted by Gasteiger charge is 2.73. The molecule has 0 spiro atoms. The molecule has 0 radical (unpaired) electrons. The van der Waals surface area contributed by atoms with Crippen LogP contribution in [0.1, 0.15) is 54.2 Å². The molecule has 2 aliphatic rings. The molecule has 3 aromatic rings. The number of carbonyl (C=O) groups is 1. The Morgan fingerprint density at radius 2 is 2.13 bits per heavy atom. The number of rotatable bonds is 6. The Balaban J connectivity index is 1.39. The number of fused-ring (bicyclic) bond motifs is 2. The molecular formula is C25H25FN4O. The van der Waals surface area contributed by atoms with Gasteiger partial charge in [-0.3, -0.25) is 4.79 Å². The summed E-state index contributed by atoms with van der Waals surface area (Å²) in [7, 11) is 0. The SMILES string of the molecule is CCN(C(=O)c1cc2cc(C#N)ccc2[nH]1)[C@@]12CCC[C@]1(NCc1cccc(F)c1)C2. The Labute approximate surface area is 180 Å². The maximum atomic E-state index is 13.6. The summed E-state index contributed by atoms with van der Waals surface area (Å²) >= 11 is 0. The van der Waals surface area contributed by atoms with Crippen LogP contribution in [-0.2, 0) is 6.54 Å². The lowest BCUT2D eigenvalue weighted by molar-refractivity contribution is 0.0631. The van der Waals surface area contributed by atoms with Crippen molar-refractivity contribution in [1.29, 1.82) is 5.26 Å². The topological polar surface area (TPSA) is 71.9 Å². The fourth-order valence-corrected chi connectivity index (χ4v) is 5.61. The van der Waals surface area contributed by atoms with E-state index in [-0.39, 0.29) is 22.8 Å². The molecule has 1 amide bonds. The first-order valence-electron chi connectivity index (χ1n) is 10.8. The zero-order chi connectivity index (χ0) is 21.6. The molecule has 2 atom stereocenters. The minimum atomic E-state index is -0.228. The van der Waals surface area contributed by atoms with Gasteiger partial charge in [0.2, 0.25) is 0 Å². The number of H-pyrrole nitrogens is 1. The molecular weight excluding hydrogens is 391 g/mol. The summed E-state index contributed by atoms with van der Waals surface area (Å²) in [4.78, 5) is 18.8. The second kappa shape index (κ2) is 7.21. The van der Waals surface area contributed by atoms with Gasteiger partial charge >= 0.3 is 0 Å². The average Bonchev–Trinajstić information content (AvgIpc) is 3.07. The van der Waals surface area contributed by atoms with Gasteiger partial charge in [-0.25, -0.2) is 4.39 Å². The molecule has 5 rings (SSSR count). The predicted octanol–water partition coefficient (Wildman–Crippen LogP) is 4.50. The second-order valence-electron chi connectivity index (χ2n) is 8.77. The van der Waals surface area contributed by atoms with Crippen LogP contribution in [0.15, 0.2) is 48.5 Å². The summed E-state index contributed by atoms with van der Waals surface area (Å²) in [5.41, 5.74) is 2.61. The molecule has 0 bridgehead atoms. The van der Waals surface area contributed by atoms with Crippen LogP contribution in [0.25, 0.3) is 10.9 Å². The van der Waals surface area contributed by atoms with Crippen LogP contribution in [0.3, 0.4) is 0 Å². The van der Waals surface area contributed by atoms with Crippen LogP contribution in [0.2, 0.25) is 0 Å². The number of aromatic nitrogens is 1. The number of nitrogens with zero attached hydrogens (tertiary/aromatic N) is 2. The Kier molecular flexibility index (Phi) is 4.60. The van der Waals surface area contributed by atoms with Gasteiger partial charge in [-0.15, -0.1) is 0 Å². The van der Waals surface area contributed by atoms with Crippen molar-refractivity contribution in [1.82, 2.24) is 15.2 Å². The number of nitriles is 1. The van der Waals surface area contributed by atoms with Gasteiger partial charge < -0.3 is 15.2 Å². The number of hydrogen-bond donors (Lipinski definition) is 2. The molecule has 2 fully saturated rings. The summed E-state index contributed by atoms with van der Waals surface area (Å²) in [6.45, 7) is 3.24. The predicted molar refractivity (Wildman–Crippen MR) is 117 cm³/mol. The number of likely N-dealkylation sites (N-methyl/N-ethyl adjacent to an activating group) is 1. The largest absolute Gasteiger partial charge is 0.351 e. The number of halogens is 1. The molecule has 6 heteroatoms. The number of amides is 1. The van der Waals surface area contributed by atoms with Crippen LogP contribution in [-0.4, -0.2) is 33.4 Å². The van der Waals surface area contributed by atoms with E-state index in [9.17, 15) is 9.18 Å². The Morgan fingerprint density at radius 3 is 2.90 bits per heavy atom.